The highest BCUT2D eigenvalue weighted by atomic mass is 19.2. The van der Waals surface area contributed by atoms with E-state index in [1.165, 1.54) is 6.07 Å². The molecule has 2 nitrogen and oxygen atoms in total. The highest BCUT2D eigenvalue weighted by molar-refractivity contribution is 5.38. The quantitative estimate of drug-likeness (QED) is 0.572. The minimum Gasteiger partial charge on any atom is -0.493 e. The van der Waals surface area contributed by atoms with Crippen LogP contribution in [0.1, 0.15) is 39.0 Å². The third-order valence-corrected chi connectivity index (χ3v) is 5.41. The van der Waals surface area contributed by atoms with Crippen molar-refractivity contribution in [2.45, 2.75) is 39.0 Å². The van der Waals surface area contributed by atoms with Gasteiger partial charge < -0.3 is 9.64 Å². The molecule has 1 aliphatic heterocycles. The van der Waals surface area contributed by atoms with Gasteiger partial charge in [0.2, 0.25) is 0 Å². The number of likely N-dealkylation sites (tertiary alicyclic amines) is 1. The zero-order chi connectivity index (χ0) is 19.2. The molecule has 147 valence electrons. The number of benzene rings is 1. The zero-order valence-corrected chi connectivity index (χ0v) is 15.8. The molecule has 1 heterocycles. The maximum absolute atomic E-state index is 14.3. The number of piperidine rings is 1. The van der Waals surface area contributed by atoms with Gasteiger partial charge in [-0.1, -0.05) is 19.1 Å². The van der Waals surface area contributed by atoms with Crippen LogP contribution in [0.3, 0.4) is 0 Å². The lowest BCUT2D eigenvalue weighted by Gasteiger charge is -2.33. The number of allylic oxidation sites excluding steroid dienone is 4. The minimum absolute atomic E-state index is 0.00493. The largest absolute Gasteiger partial charge is 0.493 e. The number of halogens is 3. The van der Waals surface area contributed by atoms with Crippen LogP contribution in [0.2, 0.25) is 0 Å². The van der Waals surface area contributed by atoms with Gasteiger partial charge in [0.15, 0.2) is 11.6 Å². The number of rotatable bonds is 7. The van der Waals surface area contributed by atoms with Gasteiger partial charge >= 0.3 is 0 Å². The molecule has 0 bridgehead atoms. The van der Waals surface area contributed by atoms with Crippen LogP contribution in [0.5, 0.6) is 5.75 Å². The van der Waals surface area contributed by atoms with Gasteiger partial charge in [0.1, 0.15) is 11.6 Å². The van der Waals surface area contributed by atoms with Gasteiger partial charge in [0, 0.05) is 12.0 Å². The molecule has 0 unspecified atom stereocenters. The maximum Gasteiger partial charge on any atom is 0.162 e. The summed E-state index contributed by atoms with van der Waals surface area (Å²) in [6.45, 7) is 5.31. The molecule has 5 heteroatoms. The second-order valence-electron chi connectivity index (χ2n) is 7.40. The molecule has 0 atom stereocenters. The predicted octanol–water partition coefficient (Wildman–Crippen LogP) is 5.61. The lowest BCUT2D eigenvalue weighted by Crippen LogP contribution is -2.35. The van der Waals surface area contributed by atoms with Gasteiger partial charge in [0.05, 0.1) is 6.61 Å². The summed E-state index contributed by atoms with van der Waals surface area (Å²) in [6.07, 6.45) is 8.58. The SMILES string of the molecule is C[C]1CC=CC(C2CCN(CCCCOc3ccc(F)c(F)c3)CC2)=C1F. The Bertz CT molecular complexity index is 693. The monoisotopic (exact) mass is 378 g/mol. The number of unbranched alkanes of at least 4 members (excludes halogenated alkanes) is 1. The Balaban J connectivity index is 1.33. The highest BCUT2D eigenvalue weighted by Crippen LogP contribution is 2.36. The van der Waals surface area contributed by atoms with E-state index in [1.54, 1.807) is 0 Å². The number of hydrogen-bond donors (Lipinski definition) is 0. The van der Waals surface area contributed by atoms with E-state index in [2.05, 4.69) is 11.0 Å². The molecule has 0 saturated carbocycles. The van der Waals surface area contributed by atoms with Gasteiger partial charge in [-0.3, -0.25) is 0 Å². The summed E-state index contributed by atoms with van der Waals surface area (Å²) >= 11 is 0. The van der Waals surface area contributed by atoms with Crippen molar-refractivity contribution in [1.29, 1.82) is 0 Å². The molecule has 3 rings (SSSR count). The number of ether oxygens (including phenoxy) is 1. The van der Waals surface area contributed by atoms with E-state index in [9.17, 15) is 13.2 Å². The molecule has 27 heavy (non-hydrogen) atoms. The fourth-order valence-electron chi connectivity index (χ4n) is 3.75. The Labute approximate surface area is 159 Å². The van der Waals surface area contributed by atoms with Crippen molar-refractivity contribution in [3.8, 4) is 5.75 Å². The van der Waals surface area contributed by atoms with Crippen molar-refractivity contribution in [3.05, 3.63) is 59.3 Å². The van der Waals surface area contributed by atoms with E-state index in [4.69, 9.17) is 4.74 Å². The van der Waals surface area contributed by atoms with Gasteiger partial charge in [-0.05, 0) is 75.4 Å². The first kappa shape index (κ1) is 20.0. The van der Waals surface area contributed by atoms with Gasteiger partial charge in [-0.15, -0.1) is 0 Å². The summed E-state index contributed by atoms with van der Waals surface area (Å²) in [5.41, 5.74) is 0.887. The molecule has 1 aromatic carbocycles. The first-order valence-electron chi connectivity index (χ1n) is 9.74. The van der Waals surface area contributed by atoms with Crippen molar-refractivity contribution in [1.82, 2.24) is 4.90 Å². The molecule has 1 aromatic rings. The van der Waals surface area contributed by atoms with Crippen molar-refractivity contribution in [3.63, 3.8) is 0 Å². The molecule has 0 N–H and O–H groups in total. The normalized spacial score (nSPS) is 19.7. The van der Waals surface area contributed by atoms with Crippen molar-refractivity contribution in [2.24, 2.45) is 5.92 Å². The molecule has 0 aromatic heterocycles. The second kappa shape index (κ2) is 9.45. The van der Waals surface area contributed by atoms with Crippen molar-refractivity contribution >= 4 is 0 Å². The molecule has 1 saturated heterocycles. The first-order chi connectivity index (χ1) is 13.0. The van der Waals surface area contributed by atoms with Crippen LogP contribution in [0.15, 0.2) is 41.8 Å². The zero-order valence-electron chi connectivity index (χ0n) is 15.8. The van der Waals surface area contributed by atoms with Crippen LogP contribution < -0.4 is 4.74 Å². The summed E-state index contributed by atoms with van der Waals surface area (Å²) < 4.78 is 45.8. The van der Waals surface area contributed by atoms with Crippen LogP contribution in [-0.4, -0.2) is 31.1 Å². The summed E-state index contributed by atoms with van der Waals surface area (Å²) in [5, 5.41) is 0. The Morgan fingerprint density at radius 2 is 1.85 bits per heavy atom. The summed E-state index contributed by atoms with van der Waals surface area (Å²) in [5.74, 6) is -0.218. The highest BCUT2D eigenvalue weighted by Gasteiger charge is 2.26. The van der Waals surface area contributed by atoms with Gasteiger partial charge in [0.25, 0.3) is 0 Å². The Kier molecular flexibility index (Phi) is 7.00. The first-order valence-corrected chi connectivity index (χ1v) is 9.74. The fraction of sp³-hybridized carbons (Fsp3) is 0.500. The Morgan fingerprint density at radius 1 is 1.07 bits per heavy atom. The van der Waals surface area contributed by atoms with Crippen LogP contribution in [0, 0.1) is 23.5 Å². The average Bonchev–Trinajstić information content (AvgIpc) is 2.67. The van der Waals surface area contributed by atoms with E-state index in [0.29, 0.717) is 18.3 Å². The Hall–Kier alpha value is -1.75. The molecule has 1 aliphatic carbocycles. The topological polar surface area (TPSA) is 12.5 Å². The summed E-state index contributed by atoms with van der Waals surface area (Å²) in [7, 11) is 0. The van der Waals surface area contributed by atoms with E-state index in [-0.39, 0.29) is 5.83 Å². The molecule has 1 fully saturated rings. The van der Waals surface area contributed by atoms with Gasteiger partial charge in [-0.25, -0.2) is 13.2 Å². The molecular formula is C22H27F3NO. The smallest absolute Gasteiger partial charge is 0.162 e. The standard InChI is InChI=1S/C22H27F3NO/c1-16-5-4-6-19(22(16)25)17-9-12-26(13-10-17)11-2-3-14-27-18-7-8-20(23)21(24)15-18/h4,6-8,15,17H,2-3,5,9-14H2,1H3. The average molecular weight is 378 g/mol. The maximum atomic E-state index is 14.3. The summed E-state index contributed by atoms with van der Waals surface area (Å²) in [4.78, 5) is 2.41. The van der Waals surface area contributed by atoms with Gasteiger partial charge in [-0.2, -0.15) is 0 Å². The van der Waals surface area contributed by atoms with Crippen molar-refractivity contribution < 1.29 is 17.9 Å². The van der Waals surface area contributed by atoms with E-state index in [0.717, 1.165) is 75.4 Å². The van der Waals surface area contributed by atoms with Crippen LogP contribution in [0.25, 0.3) is 0 Å². The lowest BCUT2D eigenvalue weighted by atomic mass is 9.83. The fourth-order valence-corrected chi connectivity index (χ4v) is 3.75. The summed E-state index contributed by atoms with van der Waals surface area (Å²) in [6, 6.07) is 3.59. The third-order valence-electron chi connectivity index (χ3n) is 5.41. The van der Waals surface area contributed by atoms with Crippen LogP contribution in [-0.2, 0) is 0 Å². The van der Waals surface area contributed by atoms with Crippen LogP contribution in [0.4, 0.5) is 13.2 Å². The Morgan fingerprint density at radius 3 is 2.59 bits per heavy atom. The van der Waals surface area contributed by atoms with Crippen LogP contribution >= 0.6 is 0 Å². The second-order valence-corrected chi connectivity index (χ2v) is 7.40. The third kappa shape index (κ3) is 5.38. The molecule has 0 amide bonds. The lowest BCUT2D eigenvalue weighted by molar-refractivity contribution is 0.190. The van der Waals surface area contributed by atoms with E-state index >= 15 is 0 Å². The molecule has 0 spiro atoms. The van der Waals surface area contributed by atoms with E-state index in [1.807, 2.05) is 13.0 Å². The molecule has 2 aliphatic rings. The van der Waals surface area contributed by atoms with E-state index < -0.39 is 11.6 Å². The predicted molar refractivity (Wildman–Crippen MR) is 101 cm³/mol. The number of hydrogen-bond acceptors (Lipinski definition) is 2. The molecule has 1 radical (unpaired) electrons. The minimum atomic E-state index is -0.887. The molecular weight excluding hydrogens is 351 g/mol. The van der Waals surface area contributed by atoms with Crippen molar-refractivity contribution in [2.75, 3.05) is 26.2 Å². The number of nitrogens with zero attached hydrogens (tertiary/aromatic N) is 1.